The third kappa shape index (κ3) is 3.24. The number of thiocarbonyl (C=S) groups is 1. The van der Waals surface area contributed by atoms with Gasteiger partial charge in [0.05, 0.1) is 5.56 Å². The summed E-state index contributed by atoms with van der Waals surface area (Å²) in [6.07, 6.45) is -4.47. The SMILES string of the molecule is NC(=S)c1cc(Nc2ccsc2)ccc1C(F)(F)F. The molecule has 3 N–H and O–H groups in total. The Morgan fingerprint density at radius 3 is 2.47 bits per heavy atom. The van der Waals surface area contributed by atoms with Crippen molar-refractivity contribution in [2.45, 2.75) is 6.18 Å². The summed E-state index contributed by atoms with van der Waals surface area (Å²) < 4.78 is 38.4. The number of benzene rings is 1. The summed E-state index contributed by atoms with van der Waals surface area (Å²) in [5, 5.41) is 6.69. The highest BCUT2D eigenvalue weighted by atomic mass is 32.1. The van der Waals surface area contributed by atoms with Crippen LogP contribution in [0.2, 0.25) is 0 Å². The molecular weight excluding hydrogens is 293 g/mol. The number of hydrogen-bond acceptors (Lipinski definition) is 3. The molecule has 0 radical (unpaired) electrons. The maximum absolute atomic E-state index is 12.8. The lowest BCUT2D eigenvalue weighted by Crippen LogP contribution is -2.18. The molecule has 19 heavy (non-hydrogen) atoms. The lowest BCUT2D eigenvalue weighted by atomic mass is 10.1. The quantitative estimate of drug-likeness (QED) is 0.837. The van der Waals surface area contributed by atoms with Gasteiger partial charge in [0, 0.05) is 22.3 Å². The Labute approximate surface area is 117 Å². The van der Waals surface area contributed by atoms with Crippen LogP contribution in [-0.4, -0.2) is 4.99 Å². The van der Waals surface area contributed by atoms with Gasteiger partial charge in [-0.15, -0.1) is 0 Å². The Bertz CT molecular complexity index is 592. The Hall–Kier alpha value is -1.60. The molecule has 0 amide bonds. The van der Waals surface area contributed by atoms with Crippen molar-refractivity contribution in [1.82, 2.24) is 0 Å². The molecule has 0 unspecified atom stereocenters. The van der Waals surface area contributed by atoms with E-state index >= 15 is 0 Å². The summed E-state index contributed by atoms with van der Waals surface area (Å²) in [6.45, 7) is 0. The van der Waals surface area contributed by atoms with E-state index in [1.54, 1.807) is 0 Å². The minimum atomic E-state index is -4.47. The lowest BCUT2D eigenvalue weighted by molar-refractivity contribution is -0.137. The van der Waals surface area contributed by atoms with Crippen LogP contribution in [0.3, 0.4) is 0 Å². The van der Waals surface area contributed by atoms with Crippen LogP contribution in [0.4, 0.5) is 24.5 Å². The molecule has 0 aliphatic rings. The molecule has 0 aliphatic carbocycles. The summed E-state index contributed by atoms with van der Waals surface area (Å²) in [6, 6.07) is 5.46. The van der Waals surface area contributed by atoms with Crippen molar-refractivity contribution in [3.05, 3.63) is 46.2 Å². The van der Waals surface area contributed by atoms with Crippen molar-refractivity contribution in [2.75, 3.05) is 5.32 Å². The first-order valence-corrected chi connectivity index (χ1v) is 6.53. The number of alkyl halides is 3. The molecular formula is C12H9F3N2S2. The van der Waals surface area contributed by atoms with Crippen LogP contribution >= 0.6 is 23.6 Å². The second-order valence-corrected chi connectivity index (χ2v) is 4.98. The van der Waals surface area contributed by atoms with E-state index in [0.29, 0.717) is 5.69 Å². The Morgan fingerprint density at radius 2 is 1.95 bits per heavy atom. The molecule has 0 saturated heterocycles. The zero-order chi connectivity index (χ0) is 14.0. The number of hydrogen-bond donors (Lipinski definition) is 2. The van der Waals surface area contributed by atoms with E-state index in [9.17, 15) is 13.2 Å². The fraction of sp³-hybridized carbons (Fsp3) is 0.0833. The number of anilines is 2. The molecule has 2 nitrogen and oxygen atoms in total. The lowest BCUT2D eigenvalue weighted by Gasteiger charge is -2.14. The van der Waals surface area contributed by atoms with Gasteiger partial charge in [0.25, 0.3) is 0 Å². The molecule has 100 valence electrons. The van der Waals surface area contributed by atoms with Gasteiger partial charge in [-0.2, -0.15) is 24.5 Å². The predicted octanol–water partition coefficient (Wildman–Crippen LogP) is 4.14. The van der Waals surface area contributed by atoms with E-state index in [4.69, 9.17) is 5.73 Å². The minimum absolute atomic E-state index is 0.178. The van der Waals surface area contributed by atoms with Gasteiger partial charge in [-0.05, 0) is 29.6 Å². The molecule has 0 fully saturated rings. The highest BCUT2D eigenvalue weighted by Crippen LogP contribution is 2.34. The van der Waals surface area contributed by atoms with Crippen LogP contribution in [0.15, 0.2) is 35.0 Å². The Morgan fingerprint density at radius 1 is 1.21 bits per heavy atom. The zero-order valence-corrected chi connectivity index (χ0v) is 11.1. The van der Waals surface area contributed by atoms with Crippen LogP contribution in [0.1, 0.15) is 11.1 Å². The fourth-order valence-electron chi connectivity index (χ4n) is 1.58. The monoisotopic (exact) mass is 302 g/mol. The molecule has 1 heterocycles. The third-order valence-electron chi connectivity index (χ3n) is 2.40. The second-order valence-electron chi connectivity index (χ2n) is 3.76. The Balaban J connectivity index is 2.39. The van der Waals surface area contributed by atoms with Crippen LogP contribution in [-0.2, 0) is 6.18 Å². The van der Waals surface area contributed by atoms with Gasteiger partial charge in [-0.1, -0.05) is 12.2 Å². The average molecular weight is 302 g/mol. The van der Waals surface area contributed by atoms with Crippen LogP contribution in [0.25, 0.3) is 0 Å². The van der Waals surface area contributed by atoms with E-state index < -0.39 is 11.7 Å². The Kier molecular flexibility index (Phi) is 3.77. The van der Waals surface area contributed by atoms with Gasteiger partial charge in [0.2, 0.25) is 0 Å². The topological polar surface area (TPSA) is 38.0 Å². The first-order valence-electron chi connectivity index (χ1n) is 5.18. The van der Waals surface area contributed by atoms with Gasteiger partial charge in [0.15, 0.2) is 0 Å². The smallest absolute Gasteiger partial charge is 0.389 e. The van der Waals surface area contributed by atoms with E-state index in [1.807, 2.05) is 16.8 Å². The van der Waals surface area contributed by atoms with Gasteiger partial charge in [0.1, 0.15) is 4.99 Å². The zero-order valence-electron chi connectivity index (χ0n) is 9.49. The molecule has 0 atom stereocenters. The number of rotatable bonds is 3. The van der Waals surface area contributed by atoms with Crippen molar-refractivity contribution in [2.24, 2.45) is 5.73 Å². The molecule has 1 aromatic carbocycles. The second kappa shape index (κ2) is 5.18. The molecule has 0 saturated carbocycles. The maximum Gasteiger partial charge on any atom is 0.417 e. The highest BCUT2D eigenvalue weighted by molar-refractivity contribution is 7.80. The number of thiophene rings is 1. The molecule has 0 aliphatic heterocycles. The molecule has 2 aromatic rings. The normalized spacial score (nSPS) is 11.3. The predicted molar refractivity (Wildman–Crippen MR) is 74.9 cm³/mol. The number of nitrogens with one attached hydrogen (secondary N) is 1. The van der Waals surface area contributed by atoms with Gasteiger partial charge >= 0.3 is 6.18 Å². The summed E-state index contributed by atoms with van der Waals surface area (Å²) in [5.74, 6) is 0. The van der Waals surface area contributed by atoms with E-state index in [-0.39, 0.29) is 10.6 Å². The first-order chi connectivity index (χ1) is 8.88. The van der Waals surface area contributed by atoms with E-state index in [1.165, 1.54) is 23.5 Å². The minimum Gasteiger partial charge on any atom is -0.389 e. The van der Waals surface area contributed by atoms with Gasteiger partial charge < -0.3 is 11.1 Å². The largest absolute Gasteiger partial charge is 0.417 e. The van der Waals surface area contributed by atoms with Crippen molar-refractivity contribution in [1.29, 1.82) is 0 Å². The fourth-order valence-corrected chi connectivity index (χ4v) is 2.33. The molecule has 2 rings (SSSR count). The number of nitrogens with two attached hydrogens (primary N) is 1. The molecule has 7 heteroatoms. The van der Waals surface area contributed by atoms with Gasteiger partial charge in [-0.3, -0.25) is 0 Å². The van der Waals surface area contributed by atoms with E-state index in [0.717, 1.165) is 11.8 Å². The van der Waals surface area contributed by atoms with Crippen LogP contribution in [0, 0.1) is 0 Å². The van der Waals surface area contributed by atoms with Crippen molar-refractivity contribution < 1.29 is 13.2 Å². The van der Waals surface area contributed by atoms with E-state index in [2.05, 4.69) is 17.5 Å². The van der Waals surface area contributed by atoms with Crippen molar-refractivity contribution >= 4 is 39.9 Å². The first kappa shape index (κ1) is 13.8. The van der Waals surface area contributed by atoms with Gasteiger partial charge in [-0.25, -0.2) is 0 Å². The van der Waals surface area contributed by atoms with Crippen molar-refractivity contribution in [3.63, 3.8) is 0 Å². The van der Waals surface area contributed by atoms with Crippen LogP contribution < -0.4 is 11.1 Å². The van der Waals surface area contributed by atoms with Crippen molar-refractivity contribution in [3.8, 4) is 0 Å². The molecule has 0 bridgehead atoms. The summed E-state index contributed by atoms with van der Waals surface area (Å²) in [7, 11) is 0. The average Bonchev–Trinajstić information content (AvgIpc) is 2.80. The van der Waals surface area contributed by atoms with Crippen LogP contribution in [0.5, 0.6) is 0 Å². The standard InChI is InChI=1S/C12H9F3N2S2/c13-12(14,15)10-2-1-7(5-9(10)11(16)18)17-8-3-4-19-6-8/h1-6,17H,(H2,16,18). The maximum atomic E-state index is 12.8. The molecule has 0 spiro atoms. The highest BCUT2D eigenvalue weighted by Gasteiger charge is 2.34. The number of halogens is 3. The summed E-state index contributed by atoms with van der Waals surface area (Å²) in [5.41, 5.74) is 5.67. The summed E-state index contributed by atoms with van der Waals surface area (Å²) in [4.78, 5) is -0.277. The summed E-state index contributed by atoms with van der Waals surface area (Å²) >= 11 is 6.16. The third-order valence-corrected chi connectivity index (χ3v) is 3.30. The molecule has 1 aromatic heterocycles.